The van der Waals surface area contributed by atoms with E-state index >= 15 is 0 Å². The third-order valence-electron chi connectivity index (χ3n) is 4.41. The number of hydrogen-bond acceptors (Lipinski definition) is 4. The lowest BCUT2D eigenvalue weighted by Crippen LogP contribution is -2.29. The maximum atomic E-state index is 12.6. The molecular formula is C16H21N3O4S. The zero-order valence-corrected chi connectivity index (χ0v) is 14.6. The molecule has 0 aromatic carbocycles. The van der Waals surface area contributed by atoms with Crippen LogP contribution in [0.25, 0.3) is 0 Å². The summed E-state index contributed by atoms with van der Waals surface area (Å²) in [7, 11) is -2.01. The van der Waals surface area contributed by atoms with Crippen molar-refractivity contribution in [3.05, 3.63) is 41.6 Å². The highest BCUT2D eigenvalue weighted by molar-refractivity contribution is 7.89. The molecule has 0 atom stereocenters. The maximum Gasteiger partial charge on any atom is 0.270 e. The van der Waals surface area contributed by atoms with Crippen molar-refractivity contribution in [2.45, 2.75) is 31.2 Å². The Bertz CT molecular complexity index is 831. The van der Waals surface area contributed by atoms with Crippen LogP contribution in [0.2, 0.25) is 0 Å². The molecule has 0 radical (unpaired) electrons. The summed E-state index contributed by atoms with van der Waals surface area (Å²) in [6, 6.07) is 4.85. The SMILES string of the molecule is Cc1c(S(=O)(=O)NCc2ccco2)cc(C(=O)N2CCCC2)n1C. The van der Waals surface area contributed by atoms with Gasteiger partial charge in [0, 0.05) is 25.8 Å². The van der Waals surface area contributed by atoms with Crippen LogP contribution >= 0.6 is 0 Å². The smallest absolute Gasteiger partial charge is 0.270 e. The fraction of sp³-hybridized carbons (Fsp3) is 0.438. The molecule has 130 valence electrons. The molecule has 24 heavy (non-hydrogen) atoms. The Morgan fingerprint density at radius 1 is 1.33 bits per heavy atom. The zero-order chi connectivity index (χ0) is 17.3. The zero-order valence-electron chi connectivity index (χ0n) is 13.8. The van der Waals surface area contributed by atoms with E-state index in [0.717, 1.165) is 25.9 Å². The average Bonchev–Trinajstić information content (AvgIpc) is 3.28. The molecule has 0 bridgehead atoms. The minimum absolute atomic E-state index is 0.0685. The standard InChI is InChI=1S/C16H21N3O4S/c1-12-15(24(21,22)17-11-13-6-5-9-23-13)10-14(18(12)2)16(20)19-7-3-4-8-19/h5-6,9-10,17H,3-4,7-8,11H2,1-2H3. The molecule has 1 amide bonds. The van der Waals surface area contributed by atoms with Gasteiger partial charge in [-0.15, -0.1) is 0 Å². The summed E-state index contributed by atoms with van der Waals surface area (Å²) in [6.45, 7) is 3.21. The second-order valence-corrected chi connectivity index (χ2v) is 7.68. The molecule has 0 unspecified atom stereocenters. The molecule has 0 aliphatic carbocycles. The third kappa shape index (κ3) is 3.11. The molecule has 8 heteroatoms. The Balaban J connectivity index is 1.85. The first kappa shape index (κ1) is 16.8. The molecule has 2 aromatic rings. The highest BCUT2D eigenvalue weighted by Gasteiger charge is 2.27. The van der Waals surface area contributed by atoms with E-state index in [1.807, 2.05) is 0 Å². The lowest BCUT2D eigenvalue weighted by atomic mass is 10.3. The van der Waals surface area contributed by atoms with Crippen molar-refractivity contribution in [3.63, 3.8) is 0 Å². The highest BCUT2D eigenvalue weighted by Crippen LogP contribution is 2.22. The predicted octanol–water partition coefficient (Wildman–Crippen LogP) is 1.64. The fourth-order valence-corrected chi connectivity index (χ4v) is 4.17. The Morgan fingerprint density at radius 2 is 2.04 bits per heavy atom. The average molecular weight is 351 g/mol. The molecule has 1 saturated heterocycles. The molecule has 3 heterocycles. The number of aromatic nitrogens is 1. The van der Waals surface area contributed by atoms with Crippen molar-refractivity contribution in [2.24, 2.45) is 7.05 Å². The Morgan fingerprint density at radius 3 is 2.67 bits per heavy atom. The number of likely N-dealkylation sites (tertiary alicyclic amines) is 1. The Kier molecular flexibility index (Phi) is 4.51. The monoisotopic (exact) mass is 351 g/mol. The topological polar surface area (TPSA) is 84.5 Å². The molecule has 2 aromatic heterocycles. The van der Waals surface area contributed by atoms with Crippen LogP contribution in [0.1, 0.15) is 34.8 Å². The van der Waals surface area contributed by atoms with Crippen LogP contribution in [0.3, 0.4) is 0 Å². The van der Waals surface area contributed by atoms with Crippen molar-refractivity contribution in [2.75, 3.05) is 13.1 Å². The van der Waals surface area contributed by atoms with Gasteiger partial charge in [0.2, 0.25) is 10.0 Å². The van der Waals surface area contributed by atoms with Gasteiger partial charge in [-0.1, -0.05) is 0 Å². The number of carbonyl (C=O) groups is 1. The number of hydrogen-bond donors (Lipinski definition) is 1. The Hall–Kier alpha value is -2.06. The predicted molar refractivity (Wildman–Crippen MR) is 88.0 cm³/mol. The van der Waals surface area contributed by atoms with E-state index in [0.29, 0.717) is 17.1 Å². The lowest BCUT2D eigenvalue weighted by Gasteiger charge is -2.15. The first-order valence-corrected chi connectivity index (χ1v) is 9.36. The second-order valence-electron chi connectivity index (χ2n) is 5.94. The largest absolute Gasteiger partial charge is 0.468 e. The summed E-state index contributed by atoms with van der Waals surface area (Å²) in [4.78, 5) is 14.5. The molecule has 3 rings (SSSR count). The van der Waals surface area contributed by atoms with E-state index in [-0.39, 0.29) is 17.3 Å². The minimum atomic E-state index is -3.73. The van der Waals surface area contributed by atoms with Gasteiger partial charge in [0.1, 0.15) is 16.3 Å². The minimum Gasteiger partial charge on any atom is -0.468 e. The summed E-state index contributed by atoms with van der Waals surface area (Å²) in [5.41, 5.74) is 0.928. The molecule has 0 saturated carbocycles. The fourth-order valence-electron chi connectivity index (χ4n) is 2.89. The molecule has 7 nitrogen and oxygen atoms in total. The van der Waals surface area contributed by atoms with E-state index < -0.39 is 10.0 Å². The summed E-state index contributed by atoms with van der Waals surface area (Å²) >= 11 is 0. The number of sulfonamides is 1. The number of furan rings is 1. The third-order valence-corrected chi connectivity index (χ3v) is 5.92. The van der Waals surface area contributed by atoms with Crippen LogP contribution in [0.4, 0.5) is 0 Å². The number of carbonyl (C=O) groups excluding carboxylic acids is 1. The van der Waals surface area contributed by atoms with Crippen LogP contribution < -0.4 is 4.72 Å². The van der Waals surface area contributed by atoms with Crippen molar-refractivity contribution < 1.29 is 17.6 Å². The number of nitrogens with one attached hydrogen (secondary N) is 1. The quantitative estimate of drug-likeness (QED) is 0.887. The van der Waals surface area contributed by atoms with E-state index in [2.05, 4.69) is 4.72 Å². The van der Waals surface area contributed by atoms with Gasteiger partial charge in [-0.05, 0) is 38.0 Å². The van der Waals surface area contributed by atoms with E-state index in [4.69, 9.17) is 4.42 Å². The lowest BCUT2D eigenvalue weighted by molar-refractivity contribution is 0.0783. The second kappa shape index (κ2) is 6.45. The van der Waals surface area contributed by atoms with Gasteiger partial charge in [-0.25, -0.2) is 13.1 Å². The molecule has 1 aliphatic rings. The van der Waals surface area contributed by atoms with Gasteiger partial charge in [0.15, 0.2) is 0 Å². The first-order valence-electron chi connectivity index (χ1n) is 7.88. The van der Waals surface area contributed by atoms with Gasteiger partial charge < -0.3 is 13.9 Å². The molecule has 1 aliphatic heterocycles. The van der Waals surface area contributed by atoms with Gasteiger partial charge in [0.25, 0.3) is 5.91 Å². The number of amides is 1. The van der Waals surface area contributed by atoms with Crippen molar-refractivity contribution in [1.82, 2.24) is 14.2 Å². The molecular weight excluding hydrogens is 330 g/mol. The summed E-state index contributed by atoms with van der Waals surface area (Å²) in [5.74, 6) is 0.408. The molecule has 1 fully saturated rings. The van der Waals surface area contributed by atoms with Crippen molar-refractivity contribution in [3.8, 4) is 0 Å². The van der Waals surface area contributed by atoms with Crippen LogP contribution in [0, 0.1) is 6.92 Å². The van der Waals surface area contributed by atoms with Crippen LogP contribution in [0.5, 0.6) is 0 Å². The maximum absolute atomic E-state index is 12.6. The van der Waals surface area contributed by atoms with Crippen LogP contribution in [-0.4, -0.2) is 36.9 Å². The van der Waals surface area contributed by atoms with Crippen LogP contribution in [-0.2, 0) is 23.6 Å². The number of nitrogens with zero attached hydrogens (tertiary/aromatic N) is 2. The summed E-state index contributed by atoms with van der Waals surface area (Å²) in [5, 5.41) is 0. The van der Waals surface area contributed by atoms with E-state index in [1.54, 1.807) is 35.6 Å². The highest BCUT2D eigenvalue weighted by atomic mass is 32.2. The van der Waals surface area contributed by atoms with Crippen molar-refractivity contribution in [1.29, 1.82) is 0 Å². The van der Waals surface area contributed by atoms with Crippen molar-refractivity contribution >= 4 is 15.9 Å². The Labute approximate surface area is 141 Å². The summed E-state index contributed by atoms with van der Waals surface area (Å²) < 4.78 is 34.4. The molecule has 0 spiro atoms. The van der Waals surface area contributed by atoms with Gasteiger partial charge in [-0.2, -0.15) is 0 Å². The van der Waals surface area contributed by atoms with Crippen LogP contribution in [0.15, 0.2) is 33.8 Å². The van der Waals surface area contributed by atoms with Gasteiger partial charge in [-0.3, -0.25) is 4.79 Å². The van der Waals surface area contributed by atoms with Gasteiger partial charge >= 0.3 is 0 Å². The first-order chi connectivity index (χ1) is 11.4. The molecule has 1 N–H and O–H groups in total. The normalized spacial score (nSPS) is 15.2. The summed E-state index contributed by atoms with van der Waals surface area (Å²) in [6.07, 6.45) is 3.47. The van der Waals surface area contributed by atoms with E-state index in [9.17, 15) is 13.2 Å². The van der Waals surface area contributed by atoms with E-state index in [1.165, 1.54) is 12.3 Å². The van der Waals surface area contributed by atoms with Gasteiger partial charge in [0.05, 0.1) is 12.8 Å². The number of rotatable bonds is 5.